The van der Waals surface area contributed by atoms with E-state index in [1.807, 2.05) is 61.5 Å². The van der Waals surface area contributed by atoms with E-state index < -0.39 is 91.3 Å². The Labute approximate surface area is 366 Å². The first-order chi connectivity index (χ1) is 28.7. The van der Waals surface area contributed by atoms with E-state index in [9.17, 15) is 19.4 Å². The van der Waals surface area contributed by atoms with Crippen LogP contribution in [0.25, 0.3) is 11.0 Å². The van der Waals surface area contributed by atoms with E-state index in [2.05, 4.69) is 32.2 Å². The summed E-state index contributed by atoms with van der Waals surface area (Å²) in [4.78, 5) is 40.0. The number of nitriles is 1. The number of ether oxygens (including phenoxy) is 2. The molecule has 18 nitrogen and oxygen atoms in total. The molecule has 5 heterocycles. The highest BCUT2D eigenvalue weighted by Gasteiger charge is 2.60. The maximum Gasteiger partial charge on any atom is 0.386 e. The second kappa shape index (κ2) is 19.6. The number of aromatic amines is 1. The molecule has 1 aliphatic carbocycles. The van der Waals surface area contributed by atoms with Crippen LogP contribution >= 0.6 is 25.8 Å². The van der Waals surface area contributed by atoms with Crippen molar-refractivity contribution in [1.82, 2.24) is 24.5 Å². The zero-order valence-electron chi connectivity index (χ0n) is 35.3. The molecule has 0 unspecified atom stereocenters. The number of thiol groups is 1. The third-order valence-corrected chi connectivity index (χ3v) is 25.0. The fourth-order valence-corrected chi connectivity index (χ4v) is 21.7. The van der Waals surface area contributed by atoms with Crippen LogP contribution in [0, 0.1) is 23.1 Å². The van der Waals surface area contributed by atoms with Crippen LogP contribution in [-0.4, -0.2) is 96.8 Å². The van der Waals surface area contributed by atoms with Gasteiger partial charge in [-0.3, -0.25) is 18.4 Å². The zero-order chi connectivity index (χ0) is 44.5. The highest BCUT2D eigenvalue weighted by atomic mass is 32.7. The van der Waals surface area contributed by atoms with Gasteiger partial charge in [0.25, 0.3) is 5.56 Å². The molecule has 3 aromatic rings. The first-order valence-electron chi connectivity index (χ1n) is 20.2. The lowest BCUT2D eigenvalue weighted by molar-refractivity contribution is -0.0505. The zero-order valence-corrected chi connectivity index (χ0v) is 40.8. The third kappa shape index (κ3) is 10.6. The van der Waals surface area contributed by atoms with Crippen LogP contribution < -0.4 is 10.3 Å². The molecule has 2 saturated heterocycles. The van der Waals surface area contributed by atoms with Crippen molar-refractivity contribution in [3.8, 4) is 11.9 Å². The van der Waals surface area contributed by atoms with E-state index in [1.165, 1.54) is 10.9 Å². The lowest BCUT2D eigenvalue weighted by Gasteiger charge is -2.47. The first kappa shape index (κ1) is 48.5. The number of fused-ring (bicyclic) bond motifs is 4. The SMILES string of the molecule is CC(C)[Si](O)(O[Si](O[C@H]1[C@H]2O[P@](=S)(OCCC#N)OC[C@H]3C[C@@H](Oc4ccncn4)C[C@@H]3O[P@@](=O)(S)OC[C@H]1O[C@H]2n1cc(F)c2c(=O)[nH]cnc21)(C(C)C)C(C)C)C(C)C. The average molecular weight is 965 g/mol. The molecule has 0 radical (unpaired) electrons. The van der Waals surface area contributed by atoms with Crippen molar-refractivity contribution in [3.63, 3.8) is 0 Å². The minimum atomic E-state index is -4.21. The van der Waals surface area contributed by atoms with Gasteiger partial charge in [0.1, 0.15) is 36.1 Å². The van der Waals surface area contributed by atoms with Gasteiger partial charge in [0.05, 0.1) is 44.7 Å². The molecule has 61 heavy (non-hydrogen) atoms. The van der Waals surface area contributed by atoms with Crippen molar-refractivity contribution < 1.29 is 54.4 Å². The number of H-pyrrole nitrogens is 1. The van der Waals surface area contributed by atoms with Crippen LogP contribution in [0.3, 0.4) is 0 Å². The summed E-state index contributed by atoms with van der Waals surface area (Å²) in [6.07, 6.45) is -0.670. The van der Waals surface area contributed by atoms with Crippen molar-refractivity contribution >= 4 is 65.7 Å². The topological polar surface area (TPSA) is 221 Å². The predicted octanol–water partition coefficient (Wildman–Crippen LogP) is 7.34. The normalized spacial score (nSPS) is 30.4. The maximum absolute atomic E-state index is 15.7. The van der Waals surface area contributed by atoms with Gasteiger partial charge in [-0.1, -0.05) is 67.6 Å². The summed E-state index contributed by atoms with van der Waals surface area (Å²) in [5, 5.41) is 9.15. The van der Waals surface area contributed by atoms with Gasteiger partial charge in [0.15, 0.2) is 17.7 Å². The average Bonchev–Trinajstić information content (AvgIpc) is 3.84. The molecule has 2 aliphatic heterocycles. The predicted molar refractivity (Wildman–Crippen MR) is 232 cm³/mol. The standard InChI is InChI=1S/C36H55FN6O12P2S2Si2/c1-21(2)60(46,22(3)4)55-61(23(5)6,24(7)8)54-32-29-18-48-56(45,58)52-28-15-26(50-30-10-12-39-19-40-30)14-25(28)17-49-57(59,47-13-9-11-38)53-33(32)36(51-29)43-16-27(37)31-34(43)41-20-42-35(31)44/h10,12,16,19-26,28-29,32-33,36,46H,9,13-15,17-18H2,1-8H3,(H,45,58)(H,41,42,44)/t25-,26-,28+,29-,32-,33-,36-,56+,57+/m1/s1. The number of hydrogen-bond acceptors (Lipinski definition) is 17. The quantitative estimate of drug-likeness (QED) is 0.0623. The molecule has 0 spiro atoms. The van der Waals surface area contributed by atoms with Crippen molar-refractivity contribution in [2.45, 2.75) is 134 Å². The molecule has 3 fully saturated rings. The Morgan fingerprint density at radius 1 is 1.08 bits per heavy atom. The fraction of sp³-hybridized carbons (Fsp3) is 0.694. The van der Waals surface area contributed by atoms with Gasteiger partial charge in [-0.15, -0.1) is 0 Å². The van der Waals surface area contributed by atoms with Crippen LogP contribution in [0.1, 0.15) is 80.9 Å². The maximum atomic E-state index is 15.7. The Bertz CT molecular complexity index is 2170. The Kier molecular flexibility index (Phi) is 15.6. The largest absolute Gasteiger partial charge is 0.474 e. The first-order valence-corrected chi connectivity index (χ1v) is 29.5. The summed E-state index contributed by atoms with van der Waals surface area (Å²) < 4.78 is 90.2. The summed E-state index contributed by atoms with van der Waals surface area (Å²) in [6.45, 7) is 6.58. The van der Waals surface area contributed by atoms with Gasteiger partial charge < -0.3 is 41.4 Å². The lowest BCUT2D eigenvalue weighted by Crippen LogP contribution is -2.62. The van der Waals surface area contributed by atoms with Gasteiger partial charge >= 0.3 is 30.6 Å². The van der Waals surface area contributed by atoms with Gasteiger partial charge in [-0.2, -0.15) is 5.26 Å². The van der Waals surface area contributed by atoms with Crippen molar-refractivity contribution in [2.75, 3.05) is 19.8 Å². The Hall–Kier alpha value is -1.98. The van der Waals surface area contributed by atoms with E-state index in [-0.39, 0.29) is 59.3 Å². The lowest BCUT2D eigenvalue weighted by atomic mass is 10.1. The Balaban J connectivity index is 1.48. The summed E-state index contributed by atoms with van der Waals surface area (Å²) in [7, 11) is -7.19. The summed E-state index contributed by atoms with van der Waals surface area (Å²) in [5.41, 5.74) is -1.83. The van der Waals surface area contributed by atoms with Crippen LogP contribution in [-0.2, 0) is 52.3 Å². The van der Waals surface area contributed by atoms with Crippen LogP contribution in [0.4, 0.5) is 4.39 Å². The molecule has 0 aromatic carbocycles. The molecule has 338 valence electrons. The van der Waals surface area contributed by atoms with Gasteiger partial charge in [0, 0.05) is 30.8 Å². The number of aromatic nitrogens is 5. The fourth-order valence-electron chi connectivity index (χ4n) is 8.10. The molecule has 0 amide bonds. The third-order valence-electron chi connectivity index (χ3n) is 11.3. The van der Waals surface area contributed by atoms with Gasteiger partial charge in [-0.05, 0) is 40.4 Å². The van der Waals surface area contributed by atoms with Crippen molar-refractivity contribution in [2.24, 2.45) is 5.92 Å². The van der Waals surface area contributed by atoms with E-state index in [0.717, 1.165) is 12.5 Å². The van der Waals surface area contributed by atoms with Gasteiger partial charge in [0.2, 0.25) is 5.88 Å². The van der Waals surface area contributed by atoms with Crippen molar-refractivity contribution in [3.05, 3.63) is 47.3 Å². The molecule has 2 N–H and O–H groups in total. The van der Waals surface area contributed by atoms with E-state index >= 15 is 4.39 Å². The molecule has 25 heteroatoms. The summed E-state index contributed by atoms with van der Waals surface area (Å²) in [5.74, 6) is -1.05. The number of nitrogens with zero attached hydrogens (tertiary/aromatic N) is 5. The number of nitrogens with one attached hydrogen (secondary N) is 1. The minimum Gasteiger partial charge on any atom is -0.474 e. The Morgan fingerprint density at radius 3 is 2.44 bits per heavy atom. The molecular formula is C36H55FN6O12P2S2Si2. The highest BCUT2D eigenvalue weighted by Crippen LogP contribution is 2.60. The monoisotopic (exact) mass is 964 g/mol. The van der Waals surface area contributed by atoms with Crippen molar-refractivity contribution in [1.29, 1.82) is 5.26 Å². The second-order valence-electron chi connectivity index (χ2n) is 16.6. The van der Waals surface area contributed by atoms with E-state index in [1.54, 1.807) is 12.3 Å². The van der Waals surface area contributed by atoms with Crippen LogP contribution in [0.5, 0.6) is 5.88 Å². The molecule has 3 aliphatic rings. The van der Waals surface area contributed by atoms with Crippen LogP contribution in [0.2, 0.25) is 22.2 Å². The second-order valence-corrected chi connectivity index (χ2v) is 31.1. The molecule has 2 bridgehead atoms. The number of halogens is 1. The van der Waals surface area contributed by atoms with Crippen LogP contribution in [0.15, 0.2) is 35.9 Å². The van der Waals surface area contributed by atoms with E-state index in [4.69, 9.17) is 52.4 Å². The summed E-state index contributed by atoms with van der Waals surface area (Å²) >= 11 is 10.5. The number of rotatable bonds is 14. The molecule has 6 rings (SSSR count). The Morgan fingerprint density at radius 2 is 1.80 bits per heavy atom. The minimum absolute atomic E-state index is 0.0583. The molecule has 1 saturated carbocycles. The van der Waals surface area contributed by atoms with E-state index in [0.29, 0.717) is 12.3 Å². The molecular weight excluding hydrogens is 910 g/mol. The molecule has 3 aromatic heterocycles. The smallest absolute Gasteiger partial charge is 0.386 e. The number of hydrogen-bond donors (Lipinski definition) is 3. The highest BCUT2D eigenvalue weighted by molar-refractivity contribution is 8.44. The molecule has 9 atom stereocenters. The summed E-state index contributed by atoms with van der Waals surface area (Å²) in [6, 6.07) is 3.65. The van der Waals surface area contributed by atoms with Gasteiger partial charge in [-0.25, -0.2) is 23.9 Å².